The topological polar surface area (TPSA) is 104 Å². The van der Waals surface area contributed by atoms with Gasteiger partial charge in [-0.3, -0.25) is 14.6 Å². The smallest absolute Gasteiger partial charge is 0.271 e. The first-order valence-electron chi connectivity index (χ1n) is 11.2. The van der Waals surface area contributed by atoms with Crippen LogP contribution in [0.5, 0.6) is 0 Å². The molecule has 7 heteroatoms. The second-order valence-corrected chi connectivity index (χ2v) is 9.89. The number of fused-ring (bicyclic) bond motifs is 1. The Kier molecular flexibility index (Phi) is 6.80. The molecular formula is C23H36N4O3. The van der Waals surface area contributed by atoms with Crippen molar-refractivity contribution in [1.82, 2.24) is 20.6 Å². The van der Waals surface area contributed by atoms with Crippen LogP contribution in [0.3, 0.4) is 0 Å². The van der Waals surface area contributed by atoms with Crippen molar-refractivity contribution >= 4 is 11.8 Å². The van der Waals surface area contributed by atoms with E-state index in [0.29, 0.717) is 5.69 Å². The number of aromatic nitrogens is 2. The molecule has 1 aromatic rings. The first-order chi connectivity index (χ1) is 14.1. The van der Waals surface area contributed by atoms with Crippen molar-refractivity contribution < 1.29 is 14.7 Å². The zero-order chi connectivity index (χ0) is 22.1. The van der Waals surface area contributed by atoms with Crippen LogP contribution in [-0.2, 0) is 4.79 Å². The van der Waals surface area contributed by atoms with Crippen LogP contribution in [0.25, 0.3) is 0 Å². The lowest BCUT2D eigenvalue weighted by atomic mass is 9.51. The van der Waals surface area contributed by atoms with E-state index in [-0.39, 0.29) is 53.0 Å². The summed E-state index contributed by atoms with van der Waals surface area (Å²) in [5.41, 5.74) is 0.330. The predicted octanol–water partition coefficient (Wildman–Crippen LogP) is 2.56. The minimum Gasteiger partial charge on any atom is -0.392 e. The quantitative estimate of drug-likeness (QED) is 0.684. The lowest BCUT2D eigenvalue weighted by Gasteiger charge is -2.56. The summed E-state index contributed by atoms with van der Waals surface area (Å²) >= 11 is 0. The lowest BCUT2D eigenvalue weighted by Crippen LogP contribution is -2.58. The maximum absolute atomic E-state index is 12.6. The van der Waals surface area contributed by atoms with Crippen LogP contribution in [0.15, 0.2) is 18.6 Å². The summed E-state index contributed by atoms with van der Waals surface area (Å²) < 4.78 is 0. The fourth-order valence-electron chi connectivity index (χ4n) is 5.77. The number of nitrogens with zero attached hydrogens (tertiary/aromatic N) is 2. The monoisotopic (exact) mass is 416 g/mol. The SMILES string of the molecule is CC(C)NC(=O)C(C)C1CCC2(C)CCC(NC(=O)c3cnccn3)C(C)C2C1O. The van der Waals surface area contributed by atoms with Gasteiger partial charge >= 0.3 is 0 Å². The zero-order valence-electron chi connectivity index (χ0n) is 18.8. The van der Waals surface area contributed by atoms with E-state index in [1.807, 2.05) is 20.8 Å². The van der Waals surface area contributed by atoms with E-state index in [1.54, 1.807) is 6.20 Å². The molecule has 3 rings (SSSR count). The first kappa shape index (κ1) is 22.7. The maximum Gasteiger partial charge on any atom is 0.271 e. The molecule has 0 radical (unpaired) electrons. The number of aliphatic hydroxyl groups is 1. The molecule has 0 saturated heterocycles. The Morgan fingerprint density at radius 1 is 1.20 bits per heavy atom. The molecule has 7 atom stereocenters. The molecule has 2 fully saturated rings. The van der Waals surface area contributed by atoms with Crippen LogP contribution >= 0.6 is 0 Å². The minimum atomic E-state index is -0.567. The molecule has 1 aromatic heterocycles. The molecule has 0 spiro atoms. The zero-order valence-corrected chi connectivity index (χ0v) is 18.8. The number of aliphatic hydroxyl groups excluding tert-OH is 1. The Hall–Kier alpha value is -2.02. The van der Waals surface area contributed by atoms with Crippen LogP contribution in [0, 0.1) is 29.1 Å². The molecule has 2 aliphatic carbocycles. The number of carbonyl (C=O) groups is 2. The third-order valence-electron chi connectivity index (χ3n) is 7.49. The van der Waals surface area contributed by atoms with Crippen molar-refractivity contribution in [2.24, 2.45) is 29.1 Å². The Morgan fingerprint density at radius 2 is 1.90 bits per heavy atom. The van der Waals surface area contributed by atoms with Gasteiger partial charge in [0.15, 0.2) is 0 Å². The number of rotatable bonds is 5. The number of nitrogens with one attached hydrogen (secondary N) is 2. The van der Waals surface area contributed by atoms with Gasteiger partial charge in [0.25, 0.3) is 5.91 Å². The molecule has 7 nitrogen and oxygen atoms in total. The van der Waals surface area contributed by atoms with Gasteiger partial charge in [-0.25, -0.2) is 4.98 Å². The van der Waals surface area contributed by atoms with E-state index in [2.05, 4.69) is 34.4 Å². The third kappa shape index (κ3) is 4.51. The minimum absolute atomic E-state index is 0.00798. The van der Waals surface area contributed by atoms with Gasteiger partial charge in [-0.15, -0.1) is 0 Å². The van der Waals surface area contributed by atoms with Gasteiger partial charge in [0, 0.05) is 30.4 Å². The molecule has 7 unspecified atom stereocenters. The fourth-order valence-corrected chi connectivity index (χ4v) is 5.77. The Balaban J connectivity index is 1.74. The highest BCUT2D eigenvalue weighted by Gasteiger charge is 2.53. The van der Waals surface area contributed by atoms with E-state index >= 15 is 0 Å². The van der Waals surface area contributed by atoms with Crippen molar-refractivity contribution in [3.05, 3.63) is 24.3 Å². The molecule has 3 N–H and O–H groups in total. The normalized spacial score (nSPS) is 34.7. The molecular weight excluding hydrogens is 380 g/mol. The third-order valence-corrected chi connectivity index (χ3v) is 7.49. The molecule has 30 heavy (non-hydrogen) atoms. The van der Waals surface area contributed by atoms with Crippen LogP contribution in [-0.4, -0.2) is 45.1 Å². The highest BCUT2D eigenvalue weighted by molar-refractivity contribution is 5.92. The summed E-state index contributed by atoms with van der Waals surface area (Å²) in [5, 5.41) is 17.5. The summed E-state index contributed by atoms with van der Waals surface area (Å²) in [6, 6.07) is 0.0472. The Bertz CT molecular complexity index is 756. The van der Waals surface area contributed by atoms with E-state index in [9.17, 15) is 14.7 Å². The summed E-state index contributed by atoms with van der Waals surface area (Å²) in [5.74, 6) is -0.398. The largest absolute Gasteiger partial charge is 0.392 e. The highest BCUT2D eigenvalue weighted by Crippen LogP contribution is 2.55. The van der Waals surface area contributed by atoms with Crippen molar-refractivity contribution in [2.75, 3.05) is 0 Å². The number of hydrogen-bond donors (Lipinski definition) is 3. The molecule has 2 aliphatic rings. The molecule has 0 aliphatic heterocycles. The van der Waals surface area contributed by atoms with Crippen molar-refractivity contribution in [3.8, 4) is 0 Å². The van der Waals surface area contributed by atoms with Gasteiger partial charge in [0.2, 0.25) is 5.91 Å². The highest BCUT2D eigenvalue weighted by atomic mass is 16.3. The van der Waals surface area contributed by atoms with Crippen molar-refractivity contribution in [2.45, 2.75) is 78.5 Å². The van der Waals surface area contributed by atoms with Crippen LogP contribution < -0.4 is 10.6 Å². The predicted molar refractivity (Wildman–Crippen MR) is 114 cm³/mol. The van der Waals surface area contributed by atoms with Gasteiger partial charge in [-0.2, -0.15) is 0 Å². The number of carbonyl (C=O) groups excluding carboxylic acids is 2. The molecule has 1 heterocycles. The van der Waals surface area contributed by atoms with Crippen molar-refractivity contribution in [3.63, 3.8) is 0 Å². The standard InChI is InChI=1S/C23H36N4O3/c1-13(2)26-21(29)14(3)16-6-8-23(5)9-7-17(15(4)19(23)20(16)28)27-22(30)18-12-24-10-11-25-18/h10-17,19-20,28H,6-9H2,1-5H3,(H,26,29)(H,27,30). The van der Waals surface area contributed by atoms with E-state index in [1.165, 1.54) is 12.4 Å². The van der Waals surface area contributed by atoms with Crippen LogP contribution in [0.1, 0.15) is 70.8 Å². The molecule has 2 amide bonds. The number of hydrogen-bond acceptors (Lipinski definition) is 5. The molecule has 0 bridgehead atoms. The van der Waals surface area contributed by atoms with Crippen molar-refractivity contribution in [1.29, 1.82) is 0 Å². The fraction of sp³-hybridized carbons (Fsp3) is 0.739. The lowest BCUT2D eigenvalue weighted by molar-refractivity contribution is -0.142. The summed E-state index contributed by atoms with van der Waals surface area (Å²) in [6.45, 7) is 10.2. The van der Waals surface area contributed by atoms with Crippen LogP contribution in [0.2, 0.25) is 0 Å². The molecule has 0 aromatic carbocycles. The average Bonchev–Trinajstić information content (AvgIpc) is 2.70. The van der Waals surface area contributed by atoms with Gasteiger partial charge in [-0.1, -0.05) is 20.8 Å². The molecule has 166 valence electrons. The average molecular weight is 417 g/mol. The Morgan fingerprint density at radius 3 is 2.53 bits per heavy atom. The summed E-state index contributed by atoms with van der Waals surface area (Å²) in [4.78, 5) is 33.3. The van der Waals surface area contributed by atoms with Gasteiger partial charge in [0.05, 0.1) is 12.3 Å². The maximum atomic E-state index is 12.6. The second kappa shape index (κ2) is 9.00. The summed E-state index contributed by atoms with van der Waals surface area (Å²) in [7, 11) is 0. The second-order valence-electron chi connectivity index (χ2n) is 9.89. The summed E-state index contributed by atoms with van der Waals surface area (Å²) in [6.07, 6.45) is 7.62. The number of amides is 2. The van der Waals surface area contributed by atoms with Gasteiger partial charge in [-0.05, 0) is 62.7 Å². The molecule has 2 saturated carbocycles. The van der Waals surface area contributed by atoms with E-state index in [0.717, 1.165) is 25.7 Å². The van der Waals surface area contributed by atoms with Crippen LogP contribution in [0.4, 0.5) is 0 Å². The first-order valence-corrected chi connectivity index (χ1v) is 11.2. The van der Waals surface area contributed by atoms with Gasteiger partial charge < -0.3 is 15.7 Å². The van der Waals surface area contributed by atoms with Gasteiger partial charge in [0.1, 0.15) is 5.69 Å². The van der Waals surface area contributed by atoms with E-state index < -0.39 is 6.10 Å². The van der Waals surface area contributed by atoms with E-state index in [4.69, 9.17) is 0 Å². The Labute approximate surface area is 179 Å².